The lowest BCUT2D eigenvalue weighted by Crippen LogP contribution is -2.63. The maximum Gasteiger partial charge on any atom is 0.342 e. The van der Waals surface area contributed by atoms with Crippen LogP contribution >= 0.6 is 0 Å². The third-order valence-corrected chi connectivity index (χ3v) is 10.5. The summed E-state index contributed by atoms with van der Waals surface area (Å²) in [5.74, 6) is -33.5. The number of aliphatic hydroxyl groups excluding tert-OH is 1. The largest absolute Gasteiger partial charge is 0.504 e. The van der Waals surface area contributed by atoms with Crippen molar-refractivity contribution in [3.8, 4) is 69.0 Å². The van der Waals surface area contributed by atoms with E-state index in [4.69, 9.17) is 28.4 Å². The maximum absolute atomic E-state index is 14.5. The van der Waals surface area contributed by atoms with Crippen LogP contribution in [0.2, 0.25) is 0 Å². The van der Waals surface area contributed by atoms with Crippen LogP contribution in [-0.2, 0) is 42.8 Å². The predicted octanol–water partition coefficient (Wildman–Crippen LogP) is -0.111. The van der Waals surface area contributed by atoms with Crippen molar-refractivity contribution >= 4 is 41.8 Å². The quantitative estimate of drug-likeness (QED) is 0.0529. The molecular formula is C41H34O28. The maximum atomic E-state index is 14.5. The number of benzene rings is 4. The summed E-state index contributed by atoms with van der Waals surface area (Å²) in [5.41, 5.74) is -5.21. The number of carbonyl (C=O) groups is 7. The molecule has 6 rings (SSSR count). The third kappa shape index (κ3) is 9.53. The van der Waals surface area contributed by atoms with Gasteiger partial charge in [0.15, 0.2) is 75.8 Å². The molecule has 8 atom stereocenters. The van der Waals surface area contributed by atoms with Crippen molar-refractivity contribution in [3.05, 3.63) is 70.3 Å². The number of aromatic hydroxyl groups is 12. The van der Waals surface area contributed by atoms with E-state index in [1.54, 1.807) is 0 Å². The molecule has 0 spiro atoms. The van der Waals surface area contributed by atoms with E-state index in [9.17, 15) is 110 Å². The number of hydrogen-bond donors (Lipinski definition) is 15. The molecule has 1 saturated heterocycles. The van der Waals surface area contributed by atoms with Gasteiger partial charge in [-0.25, -0.2) is 24.0 Å². The second-order valence-corrected chi connectivity index (χ2v) is 14.8. The molecule has 69 heavy (non-hydrogen) atoms. The number of esters is 5. The average Bonchev–Trinajstić information content (AvgIpc) is 3.29. The fourth-order valence-corrected chi connectivity index (χ4v) is 7.14. The Bertz CT molecular complexity index is 2750. The Hall–Kier alpha value is -9.31. The summed E-state index contributed by atoms with van der Waals surface area (Å²) in [7, 11) is 0. The van der Waals surface area contributed by atoms with Gasteiger partial charge in [0.2, 0.25) is 23.9 Å². The molecule has 4 aromatic carbocycles. The molecule has 0 saturated carbocycles. The van der Waals surface area contributed by atoms with Gasteiger partial charge >= 0.3 is 41.8 Å². The van der Waals surface area contributed by atoms with Crippen LogP contribution in [0.1, 0.15) is 59.3 Å². The van der Waals surface area contributed by atoms with Crippen LogP contribution < -0.4 is 0 Å². The minimum atomic E-state index is -3.04. The molecular weight excluding hydrogens is 940 g/mol. The van der Waals surface area contributed by atoms with Gasteiger partial charge in [-0.1, -0.05) is 0 Å². The topological polar surface area (TPSA) is 478 Å². The SMILES string of the molecule is O=C(O)C[C@@H]1C(=O)O[C@H]2[C@H](OC(=O)c3ccc(O)c(O)c3O)[C@@H](OC(=O)c3cc(O)c(O)c(O)c3[C@H]1[C@H](O)C(=O)O)[C@H](OC(=O)c1cc(O)c(O)c(O)c1)O[C@@H]2COC(=O)c1cc(O)c(O)c(O)c1. The number of carboxylic acid groups (broad SMARTS) is 2. The molecule has 0 unspecified atom stereocenters. The summed E-state index contributed by atoms with van der Waals surface area (Å²) in [5, 5.41) is 154. The summed E-state index contributed by atoms with van der Waals surface area (Å²) < 4.78 is 33.1. The van der Waals surface area contributed by atoms with Gasteiger partial charge in [0, 0.05) is 11.5 Å². The van der Waals surface area contributed by atoms with E-state index in [0.29, 0.717) is 36.4 Å². The fourth-order valence-electron chi connectivity index (χ4n) is 7.14. The van der Waals surface area contributed by atoms with Crippen molar-refractivity contribution < 1.29 is 139 Å². The first kappa shape index (κ1) is 49.1. The van der Waals surface area contributed by atoms with Crippen LogP contribution in [0.3, 0.4) is 0 Å². The average molecular weight is 975 g/mol. The smallest absolute Gasteiger partial charge is 0.342 e. The van der Waals surface area contributed by atoms with Crippen molar-refractivity contribution in [3.63, 3.8) is 0 Å². The lowest BCUT2D eigenvalue weighted by atomic mass is 9.77. The zero-order chi connectivity index (χ0) is 51.1. The van der Waals surface area contributed by atoms with E-state index in [-0.39, 0.29) is 6.07 Å². The van der Waals surface area contributed by atoms with Crippen LogP contribution in [0, 0.1) is 5.92 Å². The van der Waals surface area contributed by atoms with Gasteiger partial charge in [-0.3, -0.25) is 9.59 Å². The number of rotatable bonds is 11. The van der Waals surface area contributed by atoms with E-state index >= 15 is 0 Å². The first-order chi connectivity index (χ1) is 32.3. The van der Waals surface area contributed by atoms with E-state index in [2.05, 4.69) is 0 Å². The highest BCUT2D eigenvalue weighted by molar-refractivity contribution is 5.97. The first-order valence-electron chi connectivity index (χ1n) is 19.1. The number of carbonyl (C=O) groups excluding carboxylic acids is 5. The number of ether oxygens (including phenoxy) is 6. The van der Waals surface area contributed by atoms with Gasteiger partial charge in [0.1, 0.15) is 18.3 Å². The van der Waals surface area contributed by atoms with Gasteiger partial charge in [-0.15, -0.1) is 0 Å². The highest BCUT2D eigenvalue weighted by Gasteiger charge is 2.57. The second kappa shape index (κ2) is 18.9. The van der Waals surface area contributed by atoms with Gasteiger partial charge in [0.05, 0.1) is 29.0 Å². The van der Waals surface area contributed by atoms with Crippen LogP contribution in [0.25, 0.3) is 0 Å². The number of aliphatic hydroxyl groups is 1. The molecule has 15 N–H and O–H groups in total. The number of fused-ring (bicyclic) bond motifs is 3. The Morgan fingerprint density at radius 1 is 0.594 bits per heavy atom. The highest BCUT2D eigenvalue weighted by Crippen LogP contribution is 2.49. The highest BCUT2D eigenvalue weighted by atomic mass is 16.7. The summed E-state index contributed by atoms with van der Waals surface area (Å²) in [6.07, 6.45) is -17.5. The van der Waals surface area contributed by atoms with Crippen molar-refractivity contribution in [1.82, 2.24) is 0 Å². The van der Waals surface area contributed by atoms with Crippen LogP contribution in [-0.4, -0.2) is 162 Å². The molecule has 0 radical (unpaired) electrons. The van der Waals surface area contributed by atoms with E-state index in [0.717, 1.165) is 0 Å². The van der Waals surface area contributed by atoms with Gasteiger partial charge < -0.3 is 105 Å². The molecule has 2 aliphatic heterocycles. The number of phenols is 12. The molecule has 28 heteroatoms. The minimum Gasteiger partial charge on any atom is -0.504 e. The molecule has 4 aromatic rings. The Morgan fingerprint density at radius 3 is 1.68 bits per heavy atom. The minimum absolute atomic E-state index is 0.263. The number of carboxylic acids is 2. The van der Waals surface area contributed by atoms with Gasteiger partial charge in [0.25, 0.3) is 0 Å². The van der Waals surface area contributed by atoms with Crippen LogP contribution in [0.5, 0.6) is 69.0 Å². The summed E-state index contributed by atoms with van der Waals surface area (Å²) in [6, 6.07) is 3.73. The molecule has 0 amide bonds. The van der Waals surface area contributed by atoms with Crippen LogP contribution in [0.15, 0.2) is 42.5 Å². The van der Waals surface area contributed by atoms with Crippen molar-refractivity contribution in [2.75, 3.05) is 6.61 Å². The van der Waals surface area contributed by atoms with Gasteiger partial charge in [-0.2, -0.15) is 0 Å². The van der Waals surface area contributed by atoms with Gasteiger partial charge in [-0.05, 0) is 42.5 Å². The second-order valence-electron chi connectivity index (χ2n) is 14.8. The molecule has 0 aromatic heterocycles. The summed E-state index contributed by atoms with van der Waals surface area (Å²) in [6.45, 7) is -1.36. The lowest BCUT2D eigenvalue weighted by Gasteiger charge is -2.44. The monoisotopic (exact) mass is 974 g/mol. The third-order valence-electron chi connectivity index (χ3n) is 10.5. The summed E-state index contributed by atoms with van der Waals surface area (Å²) >= 11 is 0. The zero-order valence-electron chi connectivity index (χ0n) is 34.1. The molecule has 2 bridgehead atoms. The normalized spacial score (nSPS) is 21.5. The molecule has 0 aliphatic carbocycles. The molecule has 2 heterocycles. The number of phenolic OH excluding ortho intramolecular Hbond substituents is 12. The van der Waals surface area contributed by atoms with E-state index in [1.807, 2.05) is 0 Å². The first-order valence-corrected chi connectivity index (χ1v) is 19.1. The Kier molecular flexibility index (Phi) is 13.4. The Morgan fingerprint density at radius 2 is 1.13 bits per heavy atom. The Labute approximate surface area is 381 Å². The fraction of sp³-hybridized carbons (Fsp3) is 0.244. The molecule has 366 valence electrons. The zero-order valence-corrected chi connectivity index (χ0v) is 34.1. The van der Waals surface area contributed by atoms with Crippen LogP contribution in [0.4, 0.5) is 0 Å². The number of aliphatic carboxylic acids is 2. The number of hydrogen-bond acceptors (Lipinski definition) is 26. The van der Waals surface area contributed by atoms with E-state index in [1.165, 1.54) is 0 Å². The molecule has 1 fully saturated rings. The standard InChI is InChI=1S/C41H34O28/c42-15-2-1-12(25(50)28(15)53)38(61)67-33-32-21(9-64-36(59)10-3-16(43)26(51)17(44)4-10)65-41(69-37(60)11-5-18(45)27(52)19(46)6-11)34(33)68-39(62)13-7-20(47)29(54)30(55)23(13)24(31(56)35(57)58)14(8-22(48)49)40(63)66-32/h1-7,14,21,24,31-34,41-47,50-56H,8-9H2,(H,48,49)(H,57,58)/t14-,21+,24-,31-,32+,33-,34+,41-/m0/s1. The Balaban J connectivity index is 1.61. The van der Waals surface area contributed by atoms with Crippen molar-refractivity contribution in [2.24, 2.45) is 5.92 Å². The lowest BCUT2D eigenvalue weighted by molar-refractivity contribution is -0.287. The molecule has 28 nitrogen and oxygen atoms in total. The summed E-state index contributed by atoms with van der Waals surface area (Å²) in [4.78, 5) is 94.7. The van der Waals surface area contributed by atoms with Crippen molar-refractivity contribution in [1.29, 1.82) is 0 Å². The van der Waals surface area contributed by atoms with Crippen molar-refractivity contribution in [2.45, 2.75) is 49.1 Å². The predicted molar refractivity (Wildman–Crippen MR) is 211 cm³/mol. The van der Waals surface area contributed by atoms with E-state index < -0.39 is 200 Å². The molecule has 2 aliphatic rings.